The Morgan fingerprint density at radius 3 is 2.41 bits per heavy atom. The summed E-state index contributed by atoms with van der Waals surface area (Å²) in [5, 5.41) is 4.49. The molecule has 3 rings (SSSR count). The van der Waals surface area contributed by atoms with E-state index >= 15 is 0 Å². The van der Waals surface area contributed by atoms with Gasteiger partial charge in [0.2, 0.25) is 0 Å². The molecule has 0 aliphatic rings. The first-order chi connectivity index (χ1) is 14.0. The quantitative estimate of drug-likeness (QED) is 0.541. The highest BCUT2D eigenvalue weighted by molar-refractivity contribution is 7.12. The Kier molecular flexibility index (Phi) is 6.40. The molecule has 1 atom stereocenters. The van der Waals surface area contributed by atoms with E-state index in [-0.39, 0.29) is 17.5 Å². The highest BCUT2D eigenvalue weighted by atomic mass is 32.1. The van der Waals surface area contributed by atoms with Gasteiger partial charge in [0.1, 0.15) is 11.7 Å². The Morgan fingerprint density at radius 2 is 1.76 bits per heavy atom. The number of thiophene rings is 1. The number of carbonyl (C=O) groups excluding carboxylic acids is 3. The number of nitrogens with zero attached hydrogens (tertiary/aromatic N) is 2. The largest absolute Gasteiger partial charge is 0.339 e. The van der Waals surface area contributed by atoms with Gasteiger partial charge in [-0.05, 0) is 29.5 Å². The predicted octanol–water partition coefficient (Wildman–Crippen LogP) is 2.15. The van der Waals surface area contributed by atoms with E-state index in [1.807, 2.05) is 44.2 Å². The van der Waals surface area contributed by atoms with Gasteiger partial charge in [-0.1, -0.05) is 38.1 Å². The number of hydrazine groups is 1. The van der Waals surface area contributed by atoms with Gasteiger partial charge < -0.3 is 5.32 Å². The molecule has 150 valence electrons. The monoisotopic (exact) mass is 411 g/mol. The summed E-state index contributed by atoms with van der Waals surface area (Å²) in [7, 11) is 0. The molecule has 3 amide bonds. The average Bonchev–Trinajstić information content (AvgIpc) is 3.42. The van der Waals surface area contributed by atoms with Crippen molar-refractivity contribution >= 4 is 29.1 Å². The molecule has 2 heterocycles. The van der Waals surface area contributed by atoms with Crippen molar-refractivity contribution in [1.82, 2.24) is 25.7 Å². The van der Waals surface area contributed by atoms with Crippen LogP contribution in [-0.4, -0.2) is 33.3 Å². The van der Waals surface area contributed by atoms with Crippen molar-refractivity contribution < 1.29 is 14.4 Å². The maximum absolute atomic E-state index is 12.6. The van der Waals surface area contributed by atoms with Gasteiger partial charge in [0.05, 0.1) is 17.4 Å². The summed E-state index contributed by atoms with van der Waals surface area (Å²) in [4.78, 5) is 41.9. The van der Waals surface area contributed by atoms with E-state index in [9.17, 15) is 14.4 Å². The summed E-state index contributed by atoms with van der Waals surface area (Å²) in [6.45, 7) is 3.62. The maximum Gasteiger partial charge on any atom is 0.288 e. The molecule has 3 N–H and O–H groups in total. The van der Waals surface area contributed by atoms with Crippen molar-refractivity contribution in [3.8, 4) is 5.69 Å². The fourth-order valence-corrected chi connectivity index (χ4v) is 3.30. The third-order valence-corrected chi connectivity index (χ3v) is 5.05. The van der Waals surface area contributed by atoms with Crippen molar-refractivity contribution in [2.24, 2.45) is 5.92 Å². The van der Waals surface area contributed by atoms with Crippen LogP contribution in [0.5, 0.6) is 0 Å². The second kappa shape index (κ2) is 9.16. The topological polar surface area (TPSA) is 105 Å². The van der Waals surface area contributed by atoms with E-state index in [0.29, 0.717) is 4.88 Å². The number of rotatable bonds is 6. The first kappa shape index (κ1) is 20.3. The molecule has 0 spiro atoms. The molecule has 0 bridgehead atoms. The molecule has 2 aromatic heterocycles. The molecule has 29 heavy (non-hydrogen) atoms. The Hall–Kier alpha value is -3.46. The van der Waals surface area contributed by atoms with Gasteiger partial charge in [-0.15, -0.1) is 11.3 Å². The van der Waals surface area contributed by atoms with Crippen LogP contribution in [0.25, 0.3) is 5.69 Å². The van der Waals surface area contributed by atoms with Crippen LogP contribution in [0.4, 0.5) is 0 Å². The third kappa shape index (κ3) is 4.88. The molecule has 0 fully saturated rings. The minimum absolute atomic E-state index is 0.175. The molecule has 0 radical (unpaired) electrons. The van der Waals surface area contributed by atoms with E-state index in [4.69, 9.17) is 0 Å². The molecule has 1 aromatic carbocycles. The predicted molar refractivity (Wildman–Crippen MR) is 110 cm³/mol. The summed E-state index contributed by atoms with van der Waals surface area (Å²) < 4.78 is 1.61. The molecule has 3 aromatic rings. The zero-order valence-corrected chi connectivity index (χ0v) is 16.8. The van der Waals surface area contributed by atoms with Crippen LogP contribution in [0.15, 0.2) is 60.4 Å². The summed E-state index contributed by atoms with van der Waals surface area (Å²) >= 11 is 1.29. The van der Waals surface area contributed by atoms with E-state index in [1.54, 1.807) is 22.1 Å². The van der Waals surface area contributed by atoms with Gasteiger partial charge in [0.25, 0.3) is 17.7 Å². The van der Waals surface area contributed by atoms with Crippen LogP contribution in [0, 0.1) is 5.92 Å². The third-order valence-electron chi connectivity index (χ3n) is 4.19. The smallest absolute Gasteiger partial charge is 0.288 e. The number of carbonyl (C=O) groups is 3. The standard InChI is InChI=1S/C20H21N5O3S/c1-13(2)17(22-19(27)16-9-6-10-29-16)20(28)24-23-18(26)15-11-21-12-25(15)14-7-4-3-5-8-14/h3-13,17H,1-2H3,(H,22,27)(H,23,26)(H,24,28)/t17-/m0/s1. The number of amides is 3. The van der Waals surface area contributed by atoms with Crippen LogP contribution >= 0.6 is 11.3 Å². The number of hydrogen-bond donors (Lipinski definition) is 3. The number of imidazole rings is 1. The van der Waals surface area contributed by atoms with Crippen LogP contribution in [-0.2, 0) is 4.79 Å². The molecule has 8 nitrogen and oxygen atoms in total. The summed E-state index contributed by atoms with van der Waals surface area (Å²) in [5.74, 6) is -1.54. The van der Waals surface area contributed by atoms with Crippen LogP contribution in [0.2, 0.25) is 0 Å². The van der Waals surface area contributed by atoms with Crippen molar-refractivity contribution in [2.45, 2.75) is 19.9 Å². The van der Waals surface area contributed by atoms with Gasteiger partial charge in [-0.3, -0.25) is 29.8 Å². The normalized spacial score (nSPS) is 11.7. The summed E-state index contributed by atoms with van der Waals surface area (Å²) in [6.07, 6.45) is 2.93. The van der Waals surface area contributed by atoms with Gasteiger partial charge in [0, 0.05) is 5.69 Å². The second-order valence-electron chi connectivity index (χ2n) is 6.60. The van der Waals surface area contributed by atoms with Gasteiger partial charge in [0.15, 0.2) is 0 Å². The van der Waals surface area contributed by atoms with Gasteiger partial charge in [-0.25, -0.2) is 4.98 Å². The molecule has 0 saturated carbocycles. The molecule has 0 saturated heterocycles. The molecule has 0 aliphatic carbocycles. The SMILES string of the molecule is CC(C)[C@H](NC(=O)c1cccs1)C(=O)NNC(=O)c1cncn1-c1ccccc1. The van der Waals surface area contributed by atoms with Gasteiger partial charge >= 0.3 is 0 Å². The average molecular weight is 411 g/mol. The van der Waals surface area contributed by atoms with Crippen LogP contribution in [0.1, 0.15) is 34.0 Å². The first-order valence-corrected chi connectivity index (χ1v) is 9.87. The Balaban J connectivity index is 1.64. The minimum Gasteiger partial charge on any atom is -0.339 e. The second-order valence-corrected chi connectivity index (χ2v) is 7.55. The van der Waals surface area contributed by atoms with Gasteiger partial charge in [-0.2, -0.15) is 0 Å². The van der Waals surface area contributed by atoms with Crippen molar-refractivity contribution in [3.63, 3.8) is 0 Å². The fraction of sp³-hybridized carbons (Fsp3) is 0.200. The van der Waals surface area contributed by atoms with E-state index in [1.165, 1.54) is 23.9 Å². The molecule has 0 unspecified atom stereocenters. The number of aromatic nitrogens is 2. The van der Waals surface area contributed by atoms with Crippen LogP contribution in [0.3, 0.4) is 0 Å². The number of para-hydroxylation sites is 1. The van der Waals surface area contributed by atoms with E-state index < -0.39 is 17.9 Å². The lowest BCUT2D eigenvalue weighted by Crippen LogP contribution is -2.54. The molecular formula is C20H21N5O3S. The lowest BCUT2D eigenvalue weighted by Gasteiger charge is -2.21. The molecular weight excluding hydrogens is 390 g/mol. The highest BCUT2D eigenvalue weighted by Crippen LogP contribution is 2.11. The number of nitrogens with one attached hydrogen (secondary N) is 3. The van der Waals surface area contributed by atoms with Crippen molar-refractivity contribution in [2.75, 3.05) is 0 Å². The maximum atomic E-state index is 12.6. The van der Waals surface area contributed by atoms with Crippen molar-refractivity contribution in [1.29, 1.82) is 0 Å². The summed E-state index contributed by atoms with van der Waals surface area (Å²) in [5.41, 5.74) is 5.81. The Morgan fingerprint density at radius 1 is 1.00 bits per heavy atom. The Labute approximate surface area is 171 Å². The Bertz CT molecular complexity index is 983. The van der Waals surface area contributed by atoms with Crippen molar-refractivity contribution in [3.05, 3.63) is 70.9 Å². The van der Waals surface area contributed by atoms with E-state index in [2.05, 4.69) is 21.2 Å². The highest BCUT2D eigenvalue weighted by Gasteiger charge is 2.26. The van der Waals surface area contributed by atoms with Crippen LogP contribution < -0.4 is 16.2 Å². The minimum atomic E-state index is -0.802. The first-order valence-electron chi connectivity index (χ1n) is 8.99. The van der Waals surface area contributed by atoms with E-state index in [0.717, 1.165) is 5.69 Å². The molecule has 9 heteroatoms. The fourth-order valence-electron chi connectivity index (χ4n) is 2.67. The zero-order chi connectivity index (χ0) is 20.8. The zero-order valence-electron chi connectivity index (χ0n) is 16.0. The number of benzene rings is 1. The molecule has 0 aliphatic heterocycles. The number of hydrogen-bond acceptors (Lipinski definition) is 5. The lowest BCUT2D eigenvalue weighted by molar-refractivity contribution is -0.124. The lowest BCUT2D eigenvalue weighted by atomic mass is 10.0. The summed E-state index contributed by atoms with van der Waals surface area (Å²) in [6, 6.07) is 11.9.